The highest BCUT2D eigenvalue weighted by Crippen LogP contribution is 2.39. The number of hydrogen-bond donors (Lipinski definition) is 2. The first-order valence-electron chi connectivity index (χ1n) is 8.39. The van der Waals surface area contributed by atoms with E-state index in [0.29, 0.717) is 16.5 Å². The van der Waals surface area contributed by atoms with E-state index in [9.17, 15) is 19.1 Å². The molecule has 0 saturated heterocycles. The maximum absolute atomic E-state index is 13.1. The molecule has 0 spiro atoms. The Morgan fingerprint density at radius 1 is 1.30 bits per heavy atom. The van der Waals surface area contributed by atoms with E-state index in [4.69, 9.17) is 0 Å². The third-order valence-electron chi connectivity index (χ3n) is 4.73. The maximum atomic E-state index is 13.1. The lowest BCUT2D eigenvalue weighted by molar-refractivity contribution is 0.0763. The number of amides is 2. The molecule has 2 amide bonds. The third-order valence-corrected chi connectivity index (χ3v) is 4.73. The third kappa shape index (κ3) is 2.68. The first-order valence-corrected chi connectivity index (χ1v) is 8.39. The summed E-state index contributed by atoms with van der Waals surface area (Å²) in [6.07, 6.45) is 1.50. The number of aromatic hydroxyl groups is 1. The second kappa shape index (κ2) is 6.35. The molecule has 2 heterocycles. The van der Waals surface area contributed by atoms with Gasteiger partial charge in [0.15, 0.2) is 5.75 Å². The number of fused-ring (bicyclic) bond motifs is 2. The van der Waals surface area contributed by atoms with Gasteiger partial charge in [-0.05, 0) is 23.8 Å². The van der Waals surface area contributed by atoms with Crippen molar-refractivity contribution in [2.45, 2.75) is 13.1 Å². The Kier molecular flexibility index (Phi) is 3.99. The zero-order valence-corrected chi connectivity index (χ0v) is 14.5. The van der Waals surface area contributed by atoms with E-state index in [1.807, 2.05) is 0 Å². The van der Waals surface area contributed by atoms with E-state index in [-0.39, 0.29) is 47.6 Å². The van der Waals surface area contributed by atoms with Crippen molar-refractivity contribution in [1.82, 2.24) is 15.2 Å². The number of nitrogens with one attached hydrogen (secondary N) is 1. The number of phenols is 1. The molecule has 0 unspecified atom stereocenters. The van der Waals surface area contributed by atoms with Gasteiger partial charge >= 0.3 is 0 Å². The summed E-state index contributed by atoms with van der Waals surface area (Å²) in [6.45, 7) is 0.414. The number of halogens is 1. The molecule has 0 saturated carbocycles. The number of rotatable bonds is 3. The Bertz CT molecular complexity index is 1080. The van der Waals surface area contributed by atoms with E-state index in [0.717, 1.165) is 5.56 Å². The van der Waals surface area contributed by atoms with Gasteiger partial charge < -0.3 is 15.3 Å². The second-order valence-electron chi connectivity index (χ2n) is 6.34. The van der Waals surface area contributed by atoms with Crippen molar-refractivity contribution in [3.63, 3.8) is 0 Å². The topological polar surface area (TPSA) is 82.5 Å². The molecule has 0 bridgehead atoms. The van der Waals surface area contributed by atoms with Crippen LogP contribution in [0, 0.1) is 5.82 Å². The summed E-state index contributed by atoms with van der Waals surface area (Å²) in [5.74, 6) is -1.31. The number of aromatic nitrogens is 1. The monoisotopic (exact) mass is 365 g/mol. The minimum atomic E-state index is -0.385. The number of benzene rings is 2. The molecule has 0 aliphatic carbocycles. The van der Waals surface area contributed by atoms with E-state index < -0.39 is 0 Å². The minimum Gasteiger partial charge on any atom is -0.505 e. The highest BCUT2D eigenvalue weighted by molar-refractivity contribution is 6.15. The highest BCUT2D eigenvalue weighted by atomic mass is 19.1. The van der Waals surface area contributed by atoms with Crippen LogP contribution in [-0.2, 0) is 13.1 Å². The van der Waals surface area contributed by atoms with Crippen LogP contribution in [-0.4, -0.2) is 33.9 Å². The lowest BCUT2D eigenvalue weighted by Gasteiger charge is -2.15. The molecule has 2 aromatic carbocycles. The molecule has 4 rings (SSSR count). The Labute approximate surface area is 154 Å². The Hall–Kier alpha value is -3.48. The van der Waals surface area contributed by atoms with Gasteiger partial charge in [0.05, 0.1) is 11.1 Å². The van der Waals surface area contributed by atoms with E-state index in [1.54, 1.807) is 24.3 Å². The van der Waals surface area contributed by atoms with Gasteiger partial charge in [-0.15, -0.1) is 0 Å². The predicted molar refractivity (Wildman–Crippen MR) is 96.8 cm³/mol. The van der Waals surface area contributed by atoms with Crippen LogP contribution < -0.4 is 5.32 Å². The normalized spacial score (nSPS) is 13.1. The van der Waals surface area contributed by atoms with Gasteiger partial charge in [-0.25, -0.2) is 4.39 Å². The van der Waals surface area contributed by atoms with Gasteiger partial charge in [-0.3, -0.25) is 14.6 Å². The standard InChI is InChI=1S/C20H16FN3O3/c1-22-19(26)15-13-3-2-8-23-17(13)18(25)16-14(15)10-24(20(16)27)9-11-4-6-12(21)7-5-11/h2-8,25H,9-10H2,1H3,(H,22,26). The molecule has 0 fully saturated rings. The van der Waals surface area contributed by atoms with Gasteiger partial charge in [0.1, 0.15) is 11.3 Å². The summed E-state index contributed by atoms with van der Waals surface area (Å²) >= 11 is 0. The highest BCUT2D eigenvalue weighted by Gasteiger charge is 2.36. The van der Waals surface area contributed by atoms with Gasteiger partial charge in [-0.1, -0.05) is 18.2 Å². The van der Waals surface area contributed by atoms with Gasteiger partial charge in [0.25, 0.3) is 11.8 Å². The number of carbonyl (C=O) groups excluding carboxylic acids is 2. The Balaban J connectivity index is 1.84. The second-order valence-corrected chi connectivity index (χ2v) is 6.34. The molecule has 1 aliphatic heterocycles. The number of nitrogens with zero attached hydrogens (tertiary/aromatic N) is 2. The molecule has 2 N–H and O–H groups in total. The van der Waals surface area contributed by atoms with Crippen molar-refractivity contribution in [1.29, 1.82) is 0 Å². The molecule has 136 valence electrons. The molecule has 0 radical (unpaired) electrons. The Morgan fingerprint density at radius 2 is 2.04 bits per heavy atom. The summed E-state index contributed by atoms with van der Waals surface area (Å²) < 4.78 is 13.1. The molecule has 1 aromatic heterocycles. The summed E-state index contributed by atoms with van der Waals surface area (Å²) in [5.41, 5.74) is 1.87. The van der Waals surface area contributed by atoms with Crippen LogP contribution in [0.25, 0.3) is 10.9 Å². The fraction of sp³-hybridized carbons (Fsp3) is 0.150. The maximum Gasteiger partial charge on any atom is 0.258 e. The molecule has 6 nitrogen and oxygen atoms in total. The van der Waals surface area contributed by atoms with Crippen LogP contribution in [0.1, 0.15) is 31.8 Å². The zero-order chi connectivity index (χ0) is 19.1. The van der Waals surface area contributed by atoms with E-state index in [1.165, 1.54) is 30.3 Å². The largest absolute Gasteiger partial charge is 0.505 e. The zero-order valence-electron chi connectivity index (χ0n) is 14.5. The number of phenolic OH excluding ortho intramolecular Hbond substituents is 1. The quantitative estimate of drug-likeness (QED) is 0.747. The van der Waals surface area contributed by atoms with Crippen LogP contribution in [0.3, 0.4) is 0 Å². The van der Waals surface area contributed by atoms with E-state index in [2.05, 4.69) is 10.3 Å². The van der Waals surface area contributed by atoms with Crippen LogP contribution >= 0.6 is 0 Å². The molecule has 0 atom stereocenters. The lowest BCUT2D eigenvalue weighted by atomic mass is 9.96. The number of hydrogen-bond acceptors (Lipinski definition) is 4. The van der Waals surface area contributed by atoms with Crippen molar-refractivity contribution in [3.05, 3.63) is 70.7 Å². The summed E-state index contributed by atoms with van der Waals surface area (Å²) in [5, 5.41) is 13.7. The van der Waals surface area contributed by atoms with Crippen molar-refractivity contribution in [2.24, 2.45) is 0 Å². The minimum absolute atomic E-state index is 0.0990. The van der Waals surface area contributed by atoms with Crippen molar-refractivity contribution >= 4 is 22.7 Å². The fourth-order valence-electron chi connectivity index (χ4n) is 3.48. The fourth-order valence-corrected chi connectivity index (χ4v) is 3.48. The summed E-state index contributed by atoms with van der Waals surface area (Å²) in [7, 11) is 1.51. The summed E-state index contributed by atoms with van der Waals surface area (Å²) in [6, 6.07) is 9.23. The molecule has 3 aromatic rings. The van der Waals surface area contributed by atoms with Crippen LogP contribution in [0.4, 0.5) is 4.39 Å². The molecule has 27 heavy (non-hydrogen) atoms. The van der Waals surface area contributed by atoms with Crippen LogP contribution in [0.15, 0.2) is 42.6 Å². The van der Waals surface area contributed by atoms with E-state index >= 15 is 0 Å². The average molecular weight is 365 g/mol. The average Bonchev–Trinajstić information content (AvgIpc) is 3.00. The molecular formula is C20H16FN3O3. The molecule has 7 heteroatoms. The van der Waals surface area contributed by atoms with Crippen molar-refractivity contribution in [2.75, 3.05) is 7.05 Å². The first-order chi connectivity index (χ1) is 13.0. The number of carbonyl (C=O) groups is 2. The van der Waals surface area contributed by atoms with Gasteiger partial charge in [0.2, 0.25) is 0 Å². The van der Waals surface area contributed by atoms with Crippen LogP contribution in [0.5, 0.6) is 5.75 Å². The first kappa shape index (κ1) is 17.0. The van der Waals surface area contributed by atoms with Crippen molar-refractivity contribution in [3.8, 4) is 5.75 Å². The van der Waals surface area contributed by atoms with Gasteiger partial charge in [-0.2, -0.15) is 0 Å². The SMILES string of the molecule is CNC(=O)c1c2c(c(O)c3ncccc13)C(=O)N(Cc1ccc(F)cc1)C2. The van der Waals surface area contributed by atoms with Crippen LogP contribution in [0.2, 0.25) is 0 Å². The smallest absolute Gasteiger partial charge is 0.258 e. The van der Waals surface area contributed by atoms with Gasteiger partial charge in [0, 0.05) is 37.3 Å². The summed E-state index contributed by atoms with van der Waals surface area (Å²) in [4.78, 5) is 31.1. The molecular weight excluding hydrogens is 349 g/mol. The van der Waals surface area contributed by atoms with Crippen molar-refractivity contribution < 1.29 is 19.1 Å². The lowest BCUT2D eigenvalue weighted by Crippen LogP contribution is -2.23. The Morgan fingerprint density at radius 3 is 2.74 bits per heavy atom. The number of pyridine rings is 1. The molecule has 1 aliphatic rings. The predicted octanol–water partition coefficient (Wildman–Crippen LogP) is 2.60.